The van der Waals surface area contributed by atoms with Gasteiger partial charge in [-0.25, -0.2) is 0 Å². The lowest BCUT2D eigenvalue weighted by molar-refractivity contribution is -0.140. The molecule has 4 rings (SSSR count). The fourth-order valence-corrected chi connectivity index (χ4v) is 4.74. The van der Waals surface area contributed by atoms with E-state index in [0.29, 0.717) is 49.8 Å². The van der Waals surface area contributed by atoms with Crippen molar-refractivity contribution in [3.63, 3.8) is 0 Å². The lowest BCUT2D eigenvalue weighted by atomic mass is 9.86. The molecule has 0 radical (unpaired) electrons. The smallest absolute Gasteiger partial charge is 0.291 e. The predicted octanol–water partition coefficient (Wildman–Crippen LogP) is 2.93. The van der Waals surface area contributed by atoms with Crippen molar-refractivity contribution < 1.29 is 28.6 Å². The number of benzene rings is 2. The summed E-state index contributed by atoms with van der Waals surface area (Å²) in [5.74, 6) is -1.52. The number of nitrogens with zero attached hydrogens (tertiary/aromatic N) is 2. The second kappa shape index (κ2) is 12.0. The van der Waals surface area contributed by atoms with E-state index >= 15 is 0 Å². The highest BCUT2D eigenvalue weighted by Gasteiger charge is 2.51. The lowest BCUT2D eigenvalue weighted by Crippen LogP contribution is -2.39. The monoisotopic (exact) mass is 492 g/mol. The Kier molecular flexibility index (Phi) is 8.51. The van der Waals surface area contributed by atoms with Crippen LogP contribution in [0.25, 0.3) is 0 Å². The number of ether oxygens (including phenoxy) is 3. The molecule has 2 fully saturated rings. The molecule has 2 saturated heterocycles. The molecule has 0 saturated carbocycles. The van der Waals surface area contributed by atoms with Gasteiger partial charge in [0.1, 0.15) is 24.0 Å². The van der Waals surface area contributed by atoms with Crippen LogP contribution in [0.15, 0.2) is 61.2 Å². The third-order valence-electron chi connectivity index (χ3n) is 6.63. The SMILES string of the molecule is C=CCOc1ccc(C(=O)C2C(=O)C(=O)N(CCCN3CCOCC3)C2c2ccc(OC)cc2)cc1. The minimum Gasteiger partial charge on any atom is -0.497 e. The molecule has 36 heavy (non-hydrogen) atoms. The van der Waals surface area contributed by atoms with Crippen LogP contribution in [0.3, 0.4) is 0 Å². The van der Waals surface area contributed by atoms with Gasteiger partial charge in [0.05, 0.1) is 26.4 Å². The normalized spacial score (nSPS) is 20.4. The zero-order valence-electron chi connectivity index (χ0n) is 20.6. The molecule has 2 unspecified atom stereocenters. The summed E-state index contributed by atoms with van der Waals surface area (Å²) in [5.41, 5.74) is 1.09. The summed E-state index contributed by atoms with van der Waals surface area (Å²) in [5, 5.41) is 0. The summed E-state index contributed by atoms with van der Waals surface area (Å²) in [4.78, 5) is 43.8. The Balaban J connectivity index is 1.58. The Morgan fingerprint density at radius 2 is 1.69 bits per heavy atom. The quantitative estimate of drug-likeness (QED) is 0.206. The van der Waals surface area contributed by atoms with Crippen molar-refractivity contribution in [2.24, 2.45) is 5.92 Å². The van der Waals surface area contributed by atoms with Crippen molar-refractivity contribution in [2.75, 3.05) is 53.1 Å². The highest BCUT2D eigenvalue weighted by molar-refractivity contribution is 6.44. The Bertz CT molecular complexity index is 1080. The molecule has 2 aliphatic rings. The van der Waals surface area contributed by atoms with Gasteiger partial charge in [-0.3, -0.25) is 19.3 Å². The number of carbonyl (C=O) groups is 3. The Morgan fingerprint density at radius 3 is 2.33 bits per heavy atom. The average Bonchev–Trinajstić information content (AvgIpc) is 3.17. The van der Waals surface area contributed by atoms with Gasteiger partial charge in [-0.1, -0.05) is 24.8 Å². The molecule has 0 aliphatic carbocycles. The first-order valence-electron chi connectivity index (χ1n) is 12.2. The zero-order valence-corrected chi connectivity index (χ0v) is 20.6. The molecule has 2 heterocycles. The van der Waals surface area contributed by atoms with Crippen LogP contribution in [0.5, 0.6) is 11.5 Å². The summed E-state index contributed by atoms with van der Waals surface area (Å²) >= 11 is 0. The predicted molar refractivity (Wildman–Crippen MR) is 134 cm³/mol. The summed E-state index contributed by atoms with van der Waals surface area (Å²) < 4.78 is 16.2. The maximum atomic E-state index is 13.6. The van der Waals surface area contributed by atoms with Crippen LogP contribution in [0.1, 0.15) is 28.4 Å². The Labute approximate surface area is 211 Å². The van der Waals surface area contributed by atoms with E-state index in [4.69, 9.17) is 14.2 Å². The molecule has 2 aliphatic heterocycles. The van der Waals surface area contributed by atoms with Gasteiger partial charge in [0.2, 0.25) is 5.78 Å². The number of likely N-dealkylation sites (tertiary alicyclic amines) is 1. The number of morpholine rings is 1. The molecular weight excluding hydrogens is 460 g/mol. The summed E-state index contributed by atoms with van der Waals surface area (Å²) in [6.45, 7) is 8.25. The van der Waals surface area contributed by atoms with Gasteiger partial charge in [0.25, 0.3) is 5.91 Å². The zero-order chi connectivity index (χ0) is 25.5. The van der Waals surface area contributed by atoms with Gasteiger partial charge >= 0.3 is 0 Å². The van der Waals surface area contributed by atoms with Gasteiger partial charge in [-0.15, -0.1) is 0 Å². The van der Waals surface area contributed by atoms with Crippen LogP contribution in [-0.2, 0) is 14.3 Å². The van der Waals surface area contributed by atoms with E-state index in [2.05, 4.69) is 11.5 Å². The molecule has 2 atom stereocenters. The van der Waals surface area contributed by atoms with Crippen molar-refractivity contribution >= 4 is 17.5 Å². The molecule has 2 aromatic rings. The first-order chi connectivity index (χ1) is 17.5. The van der Waals surface area contributed by atoms with E-state index in [1.807, 2.05) is 12.1 Å². The molecule has 0 aromatic heterocycles. The molecule has 190 valence electrons. The van der Waals surface area contributed by atoms with E-state index in [9.17, 15) is 14.4 Å². The van der Waals surface area contributed by atoms with Crippen molar-refractivity contribution in [3.8, 4) is 11.5 Å². The van der Waals surface area contributed by atoms with Gasteiger partial charge in [-0.05, 0) is 48.4 Å². The number of methoxy groups -OCH3 is 1. The second-order valence-electron chi connectivity index (χ2n) is 8.85. The third-order valence-corrected chi connectivity index (χ3v) is 6.63. The van der Waals surface area contributed by atoms with Gasteiger partial charge in [0.15, 0.2) is 5.78 Å². The third kappa shape index (κ3) is 5.66. The molecule has 1 amide bonds. The standard InChI is InChI=1S/C28H32N2O6/c1-3-17-36-23-11-7-21(8-12-23)26(31)24-25(20-5-9-22(34-2)10-6-20)30(28(33)27(24)32)14-4-13-29-15-18-35-19-16-29/h3,5-12,24-25H,1,4,13-19H2,2H3. The van der Waals surface area contributed by atoms with Crippen molar-refractivity contribution in [1.29, 1.82) is 0 Å². The number of amides is 1. The fraction of sp³-hybridized carbons (Fsp3) is 0.393. The highest BCUT2D eigenvalue weighted by Crippen LogP contribution is 2.39. The van der Waals surface area contributed by atoms with E-state index in [-0.39, 0.29) is 5.78 Å². The number of Topliss-reactive ketones (excluding diaryl/α,β-unsaturated/α-hetero) is 2. The van der Waals surface area contributed by atoms with Crippen molar-refractivity contribution in [3.05, 3.63) is 72.3 Å². The molecule has 0 bridgehead atoms. The number of rotatable bonds is 11. The topological polar surface area (TPSA) is 85.4 Å². The summed E-state index contributed by atoms with van der Waals surface area (Å²) in [6.07, 6.45) is 2.33. The van der Waals surface area contributed by atoms with Crippen LogP contribution < -0.4 is 9.47 Å². The van der Waals surface area contributed by atoms with Crippen LogP contribution in [0, 0.1) is 5.92 Å². The van der Waals surface area contributed by atoms with E-state index in [1.165, 1.54) is 0 Å². The molecule has 2 aromatic carbocycles. The summed E-state index contributed by atoms with van der Waals surface area (Å²) in [6, 6.07) is 13.1. The van der Waals surface area contributed by atoms with Gasteiger partial charge < -0.3 is 19.1 Å². The minimum absolute atomic E-state index is 0.349. The van der Waals surface area contributed by atoms with E-state index in [0.717, 1.165) is 25.2 Å². The van der Waals surface area contributed by atoms with Crippen molar-refractivity contribution in [2.45, 2.75) is 12.5 Å². The number of hydrogen-bond donors (Lipinski definition) is 0. The Morgan fingerprint density at radius 1 is 1.03 bits per heavy atom. The lowest BCUT2D eigenvalue weighted by Gasteiger charge is -2.30. The first-order valence-corrected chi connectivity index (χ1v) is 12.2. The highest BCUT2D eigenvalue weighted by atomic mass is 16.5. The Hall–Kier alpha value is -3.49. The molecule has 8 nitrogen and oxygen atoms in total. The minimum atomic E-state index is -1.12. The van der Waals surface area contributed by atoms with Crippen LogP contribution in [0.4, 0.5) is 0 Å². The number of carbonyl (C=O) groups excluding carboxylic acids is 3. The van der Waals surface area contributed by atoms with E-state index < -0.39 is 23.7 Å². The van der Waals surface area contributed by atoms with E-state index in [1.54, 1.807) is 54.5 Å². The summed E-state index contributed by atoms with van der Waals surface area (Å²) in [7, 11) is 1.57. The molecular formula is C28H32N2O6. The number of ketones is 2. The molecule has 0 N–H and O–H groups in total. The second-order valence-corrected chi connectivity index (χ2v) is 8.85. The van der Waals surface area contributed by atoms with Crippen LogP contribution in [-0.4, -0.2) is 80.4 Å². The van der Waals surface area contributed by atoms with Gasteiger partial charge in [0, 0.05) is 31.7 Å². The number of hydrogen-bond acceptors (Lipinski definition) is 7. The first kappa shape index (κ1) is 25.6. The van der Waals surface area contributed by atoms with Crippen molar-refractivity contribution in [1.82, 2.24) is 9.80 Å². The van der Waals surface area contributed by atoms with Gasteiger partial charge in [-0.2, -0.15) is 0 Å². The van der Waals surface area contributed by atoms with Crippen LogP contribution in [0.2, 0.25) is 0 Å². The fourth-order valence-electron chi connectivity index (χ4n) is 4.74. The molecule has 8 heteroatoms. The maximum absolute atomic E-state index is 13.6. The average molecular weight is 493 g/mol. The molecule has 0 spiro atoms. The largest absolute Gasteiger partial charge is 0.497 e. The maximum Gasteiger partial charge on any atom is 0.291 e. The van der Waals surface area contributed by atoms with Crippen LogP contribution >= 0.6 is 0 Å².